The first-order valence-electron chi connectivity index (χ1n) is 7.81. The minimum Gasteiger partial charge on any atom is -0.361 e. The van der Waals surface area contributed by atoms with E-state index in [0.29, 0.717) is 0 Å². The predicted molar refractivity (Wildman–Crippen MR) is 96.1 cm³/mol. The van der Waals surface area contributed by atoms with E-state index in [-0.39, 0.29) is 5.75 Å². The Morgan fingerprint density at radius 3 is 2.52 bits per heavy atom. The van der Waals surface area contributed by atoms with Crippen LogP contribution in [-0.4, -0.2) is 44.5 Å². The van der Waals surface area contributed by atoms with Gasteiger partial charge in [-0.25, -0.2) is 13.1 Å². The molecule has 1 aromatic carbocycles. The van der Waals surface area contributed by atoms with E-state index in [0.717, 1.165) is 29.4 Å². The second-order valence-electron chi connectivity index (χ2n) is 7.36. The molecule has 5 nitrogen and oxygen atoms in total. The van der Waals surface area contributed by atoms with Crippen LogP contribution in [0.5, 0.6) is 0 Å². The van der Waals surface area contributed by atoms with E-state index in [2.05, 4.69) is 14.6 Å². The average Bonchev–Trinajstić information content (AvgIpc) is 2.75. The molecular weight excluding hydrogens is 310 g/mol. The maximum absolute atomic E-state index is 12.3. The van der Waals surface area contributed by atoms with Gasteiger partial charge in [0, 0.05) is 29.2 Å². The zero-order valence-electron chi connectivity index (χ0n) is 14.6. The number of benzene rings is 1. The van der Waals surface area contributed by atoms with Crippen LogP contribution in [0.3, 0.4) is 0 Å². The van der Waals surface area contributed by atoms with Crippen molar-refractivity contribution >= 4 is 20.9 Å². The lowest BCUT2D eigenvalue weighted by molar-refractivity contribution is 0.414. The molecule has 1 heterocycles. The quantitative estimate of drug-likeness (QED) is 0.851. The van der Waals surface area contributed by atoms with Crippen molar-refractivity contribution < 1.29 is 8.42 Å². The molecule has 0 saturated carbocycles. The molecule has 0 bridgehead atoms. The van der Waals surface area contributed by atoms with E-state index < -0.39 is 15.6 Å². The lowest BCUT2D eigenvalue weighted by atomic mass is 10.1. The second kappa shape index (κ2) is 6.63. The molecule has 2 aromatic rings. The van der Waals surface area contributed by atoms with Crippen LogP contribution in [0.2, 0.25) is 0 Å². The molecule has 0 radical (unpaired) electrons. The number of aromatic amines is 1. The summed E-state index contributed by atoms with van der Waals surface area (Å²) in [6, 6.07) is 5.81. The van der Waals surface area contributed by atoms with Crippen LogP contribution in [0.25, 0.3) is 10.9 Å². The van der Waals surface area contributed by atoms with E-state index in [1.807, 2.05) is 59.3 Å². The molecule has 0 fully saturated rings. The molecule has 23 heavy (non-hydrogen) atoms. The van der Waals surface area contributed by atoms with Gasteiger partial charge in [-0.3, -0.25) is 0 Å². The van der Waals surface area contributed by atoms with Gasteiger partial charge in [0.25, 0.3) is 0 Å². The van der Waals surface area contributed by atoms with Crippen molar-refractivity contribution in [2.75, 3.05) is 20.6 Å². The first-order chi connectivity index (χ1) is 10.6. The molecule has 2 N–H and O–H groups in total. The summed E-state index contributed by atoms with van der Waals surface area (Å²) in [5, 5.41) is 1.11. The number of nitrogens with one attached hydrogen (secondary N) is 2. The summed E-state index contributed by atoms with van der Waals surface area (Å²) in [4.78, 5) is 5.40. The summed E-state index contributed by atoms with van der Waals surface area (Å²) in [5.74, 6) is -0.00148. The third kappa shape index (κ3) is 5.34. The lowest BCUT2D eigenvalue weighted by Crippen LogP contribution is -2.41. The zero-order valence-corrected chi connectivity index (χ0v) is 15.4. The Morgan fingerprint density at radius 2 is 1.91 bits per heavy atom. The minimum atomic E-state index is -3.35. The van der Waals surface area contributed by atoms with E-state index in [1.165, 1.54) is 5.56 Å². The van der Waals surface area contributed by atoms with Crippen molar-refractivity contribution in [3.8, 4) is 0 Å². The molecular formula is C17H27N3O2S. The second-order valence-corrected chi connectivity index (χ2v) is 9.08. The van der Waals surface area contributed by atoms with Crippen molar-refractivity contribution in [2.45, 2.75) is 38.5 Å². The number of fused-ring (bicyclic) bond motifs is 1. The van der Waals surface area contributed by atoms with E-state index in [4.69, 9.17) is 0 Å². The molecule has 6 heteroatoms. The maximum atomic E-state index is 12.3. The highest BCUT2D eigenvalue weighted by atomic mass is 32.2. The number of hydrogen-bond donors (Lipinski definition) is 2. The van der Waals surface area contributed by atoms with Crippen molar-refractivity contribution in [1.82, 2.24) is 14.6 Å². The first-order valence-corrected chi connectivity index (χ1v) is 9.46. The number of H-pyrrole nitrogens is 1. The fourth-order valence-electron chi connectivity index (χ4n) is 2.59. The largest absolute Gasteiger partial charge is 0.361 e. The fraction of sp³-hybridized carbons (Fsp3) is 0.529. The van der Waals surface area contributed by atoms with Crippen molar-refractivity contribution in [3.63, 3.8) is 0 Å². The van der Waals surface area contributed by atoms with Gasteiger partial charge in [0.2, 0.25) is 10.0 Å². The van der Waals surface area contributed by atoms with E-state index in [9.17, 15) is 8.42 Å². The van der Waals surface area contributed by atoms with Crippen LogP contribution in [0.1, 0.15) is 31.9 Å². The van der Waals surface area contributed by atoms with Crippen LogP contribution in [0.4, 0.5) is 0 Å². The van der Waals surface area contributed by atoms with Crippen molar-refractivity contribution in [1.29, 1.82) is 0 Å². The molecule has 0 amide bonds. The topological polar surface area (TPSA) is 65.2 Å². The summed E-state index contributed by atoms with van der Waals surface area (Å²) in [6.07, 6.45) is 2.95. The van der Waals surface area contributed by atoms with E-state index >= 15 is 0 Å². The summed E-state index contributed by atoms with van der Waals surface area (Å²) in [6.45, 7) is 6.50. The molecule has 0 aliphatic heterocycles. The van der Waals surface area contributed by atoms with Gasteiger partial charge in [-0.05, 0) is 64.5 Å². The Balaban J connectivity index is 2.24. The maximum Gasteiger partial charge on any atom is 0.216 e. The summed E-state index contributed by atoms with van der Waals surface area (Å²) in [5.41, 5.74) is 2.61. The Labute approximate surface area is 139 Å². The number of hydrogen-bond acceptors (Lipinski definition) is 3. The first kappa shape index (κ1) is 18.0. The molecule has 0 aliphatic rings. The van der Waals surface area contributed by atoms with Crippen LogP contribution < -0.4 is 4.72 Å². The molecule has 1 aromatic heterocycles. The van der Waals surface area contributed by atoms with Gasteiger partial charge >= 0.3 is 0 Å². The Kier molecular flexibility index (Phi) is 5.18. The van der Waals surface area contributed by atoms with Gasteiger partial charge in [-0.2, -0.15) is 0 Å². The molecule has 128 valence electrons. The van der Waals surface area contributed by atoms with Crippen LogP contribution in [0, 0.1) is 0 Å². The molecule has 0 unspecified atom stereocenters. The van der Waals surface area contributed by atoms with Crippen LogP contribution in [0.15, 0.2) is 24.4 Å². The number of nitrogens with zero attached hydrogens (tertiary/aromatic N) is 1. The Morgan fingerprint density at radius 1 is 1.22 bits per heavy atom. The molecule has 2 rings (SSSR count). The molecule has 0 atom stereocenters. The number of rotatable bonds is 6. The van der Waals surface area contributed by atoms with Crippen LogP contribution in [-0.2, 0) is 22.2 Å². The summed E-state index contributed by atoms with van der Waals surface area (Å²) < 4.78 is 27.2. The monoisotopic (exact) mass is 337 g/mol. The molecule has 0 saturated heterocycles. The highest BCUT2D eigenvalue weighted by Crippen LogP contribution is 2.22. The highest BCUT2D eigenvalue weighted by Gasteiger charge is 2.20. The molecule has 0 spiro atoms. The summed E-state index contributed by atoms with van der Waals surface area (Å²) >= 11 is 0. The minimum absolute atomic E-state index is 0.00148. The van der Waals surface area contributed by atoms with E-state index in [1.54, 1.807) is 0 Å². The van der Waals surface area contributed by atoms with Gasteiger partial charge in [0.15, 0.2) is 0 Å². The van der Waals surface area contributed by atoms with Gasteiger partial charge in [0.05, 0.1) is 5.75 Å². The molecule has 0 aliphatic carbocycles. The summed E-state index contributed by atoms with van der Waals surface area (Å²) in [7, 11) is 0.742. The number of sulfonamides is 1. The standard InChI is InChI=1S/C17H27N3O2S/c1-17(2,3)19-23(21,22)12-13-6-7-16-15(10-13)14(11-18-16)8-9-20(4)5/h6-7,10-11,18-19H,8-9,12H2,1-5H3. The average molecular weight is 337 g/mol. The van der Waals surface area contributed by atoms with Crippen LogP contribution >= 0.6 is 0 Å². The Hall–Kier alpha value is -1.37. The Bertz CT molecular complexity index is 771. The predicted octanol–water partition coefficient (Wildman–Crippen LogP) is 2.49. The van der Waals surface area contributed by atoms with Gasteiger partial charge in [0.1, 0.15) is 0 Å². The lowest BCUT2D eigenvalue weighted by Gasteiger charge is -2.20. The smallest absolute Gasteiger partial charge is 0.216 e. The SMILES string of the molecule is CN(C)CCc1c[nH]c2ccc(CS(=O)(=O)NC(C)(C)C)cc12. The highest BCUT2D eigenvalue weighted by molar-refractivity contribution is 7.88. The third-order valence-electron chi connectivity index (χ3n) is 3.48. The number of aromatic nitrogens is 1. The van der Waals surface area contributed by atoms with Crippen molar-refractivity contribution in [3.05, 3.63) is 35.5 Å². The van der Waals surface area contributed by atoms with Crippen molar-refractivity contribution in [2.24, 2.45) is 0 Å². The fourth-order valence-corrected chi connectivity index (χ4v) is 4.21. The normalized spacial score (nSPS) is 13.1. The third-order valence-corrected chi connectivity index (χ3v) is 5.12. The number of likely N-dealkylation sites (N-methyl/N-ethyl adjacent to an activating group) is 1. The zero-order chi connectivity index (χ0) is 17.3. The van der Waals surface area contributed by atoms with Gasteiger partial charge < -0.3 is 9.88 Å². The van der Waals surface area contributed by atoms with Gasteiger partial charge in [-0.1, -0.05) is 6.07 Å². The van der Waals surface area contributed by atoms with Gasteiger partial charge in [-0.15, -0.1) is 0 Å².